The van der Waals surface area contributed by atoms with E-state index in [1.165, 1.54) is 4.70 Å². The van der Waals surface area contributed by atoms with Gasteiger partial charge in [0.2, 0.25) is 5.91 Å². The second kappa shape index (κ2) is 5.46. The molecule has 0 aliphatic rings. The van der Waals surface area contributed by atoms with Gasteiger partial charge in [0.05, 0.1) is 16.3 Å². The predicted octanol–water partition coefficient (Wildman–Crippen LogP) is 1.86. The first-order valence-corrected chi connectivity index (χ1v) is 6.68. The minimum Gasteiger partial charge on any atom is -0.347 e. The van der Waals surface area contributed by atoms with Gasteiger partial charge in [-0.05, 0) is 19.1 Å². The molecule has 5 heteroatoms. The minimum absolute atomic E-state index is 0.0797. The van der Waals surface area contributed by atoms with Crippen LogP contribution < -0.4 is 5.32 Å². The first-order chi connectivity index (χ1) is 8.58. The summed E-state index contributed by atoms with van der Waals surface area (Å²) in [5, 5.41) is 4.21. The highest BCUT2D eigenvalue weighted by atomic mass is 32.1. The Balaban J connectivity index is 2.00. The Morgan fingerprint density at radius 3 is 2.83 bits per heavy atom. The van der Waals surface area contributed by atoms with E-state index in [9.17, 15) is 4.79 Å². The van der Waals surface area contributed by atoms with Crippen molar-refractivity contribution in [2.75, 3.05) is 14.1 Å². The molecule has 1 unspecified atom stereocenters. The number of amides is 1. The zero-order valence-corrected chi connectivity index (χ0v) is 11.6. The van der Waals surface area contributed by atoms with Gasteiger partial charge in [0.25, 0.3) is 0 Å². The van der Waals surface area contributed by atoms with Gasteiger partial charge in [-0.2, -0.15) is 0 Å². The molecule has 1 heterocycles. The Bertz CT molecular complexity index is 517. The average Bonchev–Trinajstić information content (AvgIpc) is 2.77. The summed E-state index contributed by atoms with van der Waals surface area (Å²) in [6.07, 6.45) is 0. The van der Waals surface area contributed by atoms with Crippen LogP contribution in [0, 0.1) is 0 Å². The Labute approximate surface area is 111 Å². The Kier molecular flexibility index (Phi) is 3.93. The van der Waals surface area contributed by atoms with E-state index in [4.69, 9.17) is 0 Å². The molecular formula is C13H17N3OS. The van der Waals surface area contributed by atoms with Gasteiger partial charge in [0.15, 0.2) is 0 Å². The summed E-state index contributed by atoms with van der Waals surface area (Å²) in [4.78, 5) is 17.8. The van der Waals surface area contributed by atoms with E-state index in [1.807, 2.05) is 25.1 Å². The summed E-state index contributed by atoms with van der Waals surface area (Å²) in [6.45, 7) is 2.50. The smallest absolute Gasteiger partial charge is 0.238 e. The number of hydrogen-bond acceptors (Lipinski definition) is 4. The van der Waals surface area contributed by atoms with Crippen LogP contribution in [0.25, 0.3) is 10.2 Å². The van der Waals surface area contributed by atoms with Crippen molar-refractivity contribution in [2.45, 2.75) is 19.5 Å². The topological polar surface area (TPSA) is 45.2 Å². The number of fused-ring (bicyclic) bond motifs is 1. The van der Waals surface area contributed by atoms with E-state index in [-0.39, 0.29) is 11.9 Å². The average molecular weight is 263 g/mol. The SMILES string of the molecule is CC(NCc1nc2ccccc2s1)C(=O)N(C)C. The number of carbonyl (C=O) groups is 1. The number of benzene rings is 1. The lowest BCUT2D eigenvalue weighted by molar-refractivity contribution is -0.130. The summed E-state index contributed by atoms with van der Waals surface area (Å²) in [5.74, 6) is 0.0797. The van der Waals surface area contributed by atoms with Crippen molar-refractivity contribution in [3.05, 3.63) is 29.3 Å². The lowest BCUT2D eigenvalue weighted by Gasteiger charge is -2.17. The number of nitrogens with zero attached hydrogens (tertiary/aromatic N) is 2. The summed E-state index contributed by atoms with van der Waals surface area (Å²) in [6, 6.07) is 7.87. The number of rotatable bonds is 4. The number of aromatic nitrogens is 1. The highest BCUT2D eigenvalue weighted by molar-refractivity contribution is 7.18. The molecule has 2 rings (SSSR count). The van der Waals surface area contributed by atoms with Crippen LogP contribution in [0.1, 0.15) is 11.9 Å². The van der Waals surface area contributed by atoms with Crippen LogP contribution in [0.5, 0.6) is 0 Å². The van der Waals surface area contributed by atoms with E-state index in [2.05, 4.69) is 16.4 Å². The molecule has 0 fully saturated rings. The second-order valence-electron chi connectivity index (χ2n) is 4.41. The third-order valence-electron chi connectivity index (χ3n) is 2.71. The molecule has 1 N–H and O–H groups in total. The van der Waals surface area contributed by atoms with Gasteiger partial charge in [-0.3, -0.25) is 10.1 Å². The molecule has 0 aliphatic heterocycles. The molecular weight excluding hydrogens is 246 g/mol. The molecule has 0 saturated heterocycles. The van der Waals surface area contributed by atoms with Crippen LogP contribution in [0.15, 0.2) is 24.3 Å². The monoisotopic (exact) mass is 263 g/mol. The van der Waals surface area contributed by atoms with Gasteiger partial charge < -0.3 is 4.90 Å². The highest BCUT2D eigenvalue weighted by Gasteiger charge is 2.14. The van der Waals surface area contributed by atoms with Crippen molar-refractivity contribution >= 4 is 27.5 Å². The third kappa shape index (κ3) is 2.86. The Hall–Kier alpha value is -1.46. The fourth-order valence-corrected chi connectivity index (χ4v) is 2.63. The maximum absolute atomic E-state index is 11.7. The van der Waals surface area contributed by atoms with Crippen molar-refractivity contribution in [3.63, 3.8) is 0 Å². The van der Waals surface area contributed by atoms with Crippen molar-refractivity contribution in [2.24, 2.45) is 0 Å². The lowest BCUT2D eigenvalue weighted by Crippen LogP contribution is -2.41. The molecule has 96 valence electrons. The minimum atomic E-state index is -0.188. The maximum atomic E-state index is 11.7. The molecule has 1 amide bonds. The van der Waals surface area contributed by atoms with Crippen LogP contribution in [-0.2, 0) is 11.3 Å². The molecule has 1 aromatic heterocycles. The quantitative estimate of drug-likeness (QED) is 0.916. The first-order valence-electron chi connectivity index (χ1n) is 5.87. The first kappa shape index (κ1) is 13.0. The largest absolute Gasteiger partial charge is 0.347 e. The number of likely N-dealkylation sites (N-methyl/N-ethyl adjacent to an activating group) is 1. The van der Waals surface area contributed by atoms with Crippen LogP contribution in [0.2, 0.25) is 0 Å². The Morgan fingerprint density at radius 2 is 2.17 bits per heavy atom. The summed E-state index contributed by atoms with van der Waals surface area (Å²) < 4.78 is 1.18. The van der Waals surface area contributed by atoms with Crippen LogP contribution >= 0.6 is 11.3 Å². The molecule has 0 radical (unpaired) electrons. The normalized spacial score (nSPS) is 12.6. The van der Waals surface area contributed by atoms with Gasteiger partial charge in [-0.15, -0.1) is 11.3 Å². The zero-order valence-electron chi connectivity index (χ0n) is 10.8. The number of carbonyl (C=O) groups excluding carboxylic acids is 1. The Morgan fingerprint density at radius 1 is 1.44 bits per heavy atom. The van der Waals surface area contributed by atoms with Gasteiger partial charge in [-0.25, -0.2) is 4.98 Å². The van der Waals surface area contributed by atoms with E-state index in [1.54, 1.807) is 30.3 Å². The van der Waals surface area contributed by atoms with E-state index in [0.717, 1.165) is 10.5 Å². The van der Waals surface area contributed by atoms with E-state index >= 15 is 0 Å². The van der Waals surface area contributed by atoms with E-state index in [0.29, 0.717) is 6.54 Å². The van der Waals surface area contributed by atoms with Crippen molar-refractivity contribution in [1.82, 2.24) is 15.2 Å². The van der Waals surface area contributed by atoms with E-state index < -0.39 is 0 Å². The molecule has 4 nitrogen and oxygen atoms in total. The number of para-hydroxylation sites is 1. The molecule has 0 saturated carbocycles. The molecule has 1 aromatic carbocycles. The molecule has 0 bridgehead atoms. The van der Waals surface area contributed by atoms with Gasteiger partial charge in [-0.1, -0.05) is 12.1 Å². The summed E-state index contributed by atoms with van der Waals surface area (Å²) in [5.41, 5.74) is 1.02. The van der Waals surface area contributed by atoms with Gasteiger partial charge >= 0.3 is 0 Å². The van der Waals surface area contributed by atoms with Gasteiger partial charge in [0, 0.05) is 20.6 Å². The third-order valence-corrected chi connectivity index (χ3v) is 3.75. The lowest BCUT2D eigenvalue weighted by atomic mass is 10.3. The van der Waals surface area contributed by atoms with Gasteiger partial charge in [0.1, 0.15) is 5.01 Å². The predicted molar refractivity (Wildman–Crippen MR) is 74.6 cm³/mol. The van der Waals surface area contributed by atoms with Crippen LogP contribution in [0.4, 0.5) is 0 Å². The summed E-state index contributed by atoms with van der Waals surface area (Å²) in [7, 11) is 3.52. The molecule has 1 atom stereocenters. The highest BCUT2D eigenvalue weighted by Crippen LogP contribution is 2.21. The van der Waals surface area contributed by atoms with Crippen molar-refractivity contribution in [1.29, 1.82) is 0 Å². The number of thiazole rings is 1. The molecule has 0 aliphatic carbocycles. The fourth-order valence-electron chi connectivity index (χ4n) is 1.71. The molecule has 2 aromatic rings. The second-order valence-corrected chi connectivity index (χ2v) is 5.53. The van der Waals surface area contributed by atoms with Crippen molar-refractivity contribution < 1.29 is 4.79 Å². The zero-order chi connectivity index (χ0) is 13.1. The van der Waals surface area contributed by atoms with Crippen molar-refractivity contribution in [3.8, 4) is 0 Å². The summed E-state index contributed by atoms with van der Waals surface area (Å²) >= 11 is 1.66. The molecule has 18 heavy (non-hydrogen) atoms. The van der Waals surface area contributed by atoms with Crippen LogP contribution in [-0.4, -0.2) is 35.9 Å². The number of nitrogens with one attached hydrogen (secondary N) is 1. The maximum Gasteiger partial charge on any atom is 0.238 e. The molecule has 0 spiro atoms. The standard InChI is InChI=1S/C13H17N3OS/c1-9(13(17)16(2)3)14-8-12-15-10-6-4-5-7-11(10)18-12/h4-7,9,14H,8H2,1-3H3. The van der Waals surface area contributed by atoms with Crippen LogP contribution in [0.3, 0.4) is 0 Å². The number of hydrogen-bond donors (Lipinski definition) is 1. The fraction of sp³-hybridized carbons (Fsp3) is 0.385.